The van der Waals surface area contributed by atoms with Crippen LogP contribution in [0.2, 0.25) is 0 Å². The van der Waals surface area contributed by atoms with Gasteiger partial charge in [-0.1, -0.05) is 21.6 Å². The van der Waals surface area contributed by atoms with E-state index >= 15 is 0 Å². The number of nitrogens with zero attached hydrogens (tertiary/aromatic N) is 2. The largest absolute Gasteiger partial charge is 0.368 e. The van der Waals surface area contributed by atoms with Crippen LogP contribution < -0.4 is 10.6 Å². The third kappa shape index (κ3) is 3.14. The van der Waals surface area contributed by atoms with Crippen LogP contribution in [-0.4, -0.2) is 29.6 Å². The van der Waals surface area contributed by atoms with Gasteiger partial charge in [-0.15, -0.1) is 0 Å². The summed E-state index contributed by atoms with van der Waals surface area (Å²) in [6.45, 7) is 1.60. The second-order valence-corrected chi connectivity index (χ2v) is 6.76. The van der Waals surface area contributed by atoms with E-state index in [2.05, 4.69) is 4.98 Å². The highest BCUT2D eigenvalue weighted by atomic mass is 33.1. The van der Waals surface area contributed by atoms with Crippen LogP contribution in [0.3, 0.4) is 0 Å². The van der Waals surface area contributed by atoms with E-state index in [4.69, 9.17) is 5.73 Å². The first kappa shape index (κ1) is 15.7. The summed E-state index contributed by atoms with van der Waals surface area (Å²) in [6, 6.07) is 6.68. The van der Waals surface area contributed by atoms with Gasteiger partial charge in [-0.3, -0.25) is 14.6 Å². The van der Waals surface area contributed by atoms with E-state index in [0.29, 0.717) is 12.1 Å². The van der Waals surface area contributed by atoms with E-state index in [1.54, 1.807) is 40.8 Å². The fourth-order valence-electron chi connectivity index (χ4n) is 2.01. The third-order valence-corrected chi connectivity index (χ3v) is 4.82. The number of nitrogens with two attached hydrogens (primary N) is 1. The van der Waals surface area contributed by atoms with Crippen molar-refractivity contribution in [3.05, 3.63) is 30.5 Å². The molecular formula is C14H15N3O2S2. The maximum absolute atomic E-state index is 11.4. The van der Waals surface area contributed by atoms with E-state index in [1.807, 2.05) is 24.5 Å². The predicted molar refractivity (Wildman–Crippen MR) is 88.3 cm³/mol. The lowest BCUT2D eigenvalue weighted by Crippen LogP contribution is -2.42. The zero-order chi connectivity index (χ0) is 15.4. The average molecular weight is 321 g/mol. The molecule has 1 aromatic heterocycles. The van der Waals surface area contributed by atoms with Gasteiger partial charge in [0.1, 0.15) is 6.04 Å². The summed E-state index contributed by atoms with van der Waals surface area (Å²) >= 11 is 0. The molecule has 0 unspecified atom stereocenters. The second kappa shape index (κ2) is 6.82. The van der Waals surface area contributed by atoms with E-state index < -0.39 is 11.9 Å². The maximum Gasteiger partial charge on any atom is 0.240 e. The minimum Gasteiger partial charge on any atom is -0.368 e. The number of anilines is 1. The average Bonchev–Trinajstić information content (AvgIpc) is 2.50. The summed E-state index contributed by atoms with van der Waals surface area (Å²) in [5.74, 6) is -0.554. The van der Waals surface area contributed by atoms with Crippen LogP contribution in [0, 0.1) is 0 Å². The Morgan fingerprint density at radius 2 is 2.19 bits per heavy atom. The molecule has 1 atom stereocenters. The SMILES string of the molecule is CSSc1ccc(N(C=O)[C@@H](C)C(N)=O)c2cccnc12. The molecule has 0 aliphatic carbocycles. The van der Waals surface area contributed by atoms with Gasteiger partial charge in [-0.2, -0.15) is 0 Å². The lowest BCUT2D eigenvalue weighted by Gasteiger charge is -2.24. The molecule has 7 heteroatoms. The highest BCUT2D eigenvalue weighted by Gasteiger charge is 2.21. The molecule has 0 bridgehead atoms. The highest BCUT2D eigenvalue weighted by Crippen LogP contribution is 2.37. The number of hydrogen-bond acceptors (Lipinski definition) is 5. The number of rotatable bonds is 6. The number of primary amides is 1. The Labute approximate surface area is 130 Å². The maximum atomic E-state index is 11.4. The molecule has 5 nitrogen and oxygen atoms in total. The first-order valence-electron chi connectivity index (χ1n) is 6.21. The third-order valence-electron chi connectivity index (χ3n) is 3.10. The molecule has 0 aliphatic heterocycles. The van der Waals surface area contributed by atoms with E-state index in [1.165, 1.54) is 4.90 Å². The van der Waals surface area contributed by atoms with Crippen molar-refractivity contribution in [3.8, 4) is 0 Å². The number of carbonyl (C=O) groups is 2. The van der Waals surface area contributed by atoms with Gasteiger partial charge < -0.3 is 10.6 Å². The molecule has 2 rings (SSSR count). The number of benzene rings is 1. The summed E-state index contributed by atoms with van der Waals surface area (Å²) in [4.78, 5) is 29.5. The molecule has 110 valence electrons. The van der Waals surface area contributed by atoms with Crippen molar-refractivity contribution < 1.29 is 9.59 Å². The van der Waals surface area contributed by atoms with E-state index in [0.717, 1.165) is 15.8 Å². The molecule has 0 aliphatic rings. The van der Waals surface area contributed by atoms with Crippen molar-refractivity contribution in [1.29, 1.82) is 0 Å². The van der Waals surface area contributed by atoms with Crippen molar-refractivity contribution in [1.82, 2.24) is 4.98 Å². The van der Waals surface area contributed by atoms with Crippen molar-refractivity contribution in [2.24, 2.45) is 5.73 Å². The molecular weight excluding hydrogens is 306 g/mol. The van der Waals surface area contributed by atoms with Crippen LogP contribution in [0.25, 0.3) is 10.9 Å². The summed E-state index contributed by atoms with van der Waals surface area (Å²) in [5, 5.41) is 0.816. The minimum absolute atomic E-state index is 0.554. The van der Waals surface area contributed by atoms with Gasteiger partial charge in [0.25, 0.3) is 0 Å². The van der Waals surface area contributed by atoms with Crippen molar-refractivity contribution in [2.45, 2.75) is 17.9 Å². The number of fused-ring (bicyclic) bond motifs is 1. The quantitative estimate of drug-likeness (QED) is 0.653. The Kier molecular flexibility index (Phi) is 5.08. The van der Waals surface area contributed by atoms with Gasteiger partial charge in [0.05, 0.1) is 11.2 Å². The molecule has 0 radical (unpaired) electrons. The molecule has 0 saturated carbocycles. The van der Waals surface area contributed by atoms with Crippen LogP contribution in [0.15, 0.2) is 35.4 Å². The summed E-state index contributed by atoms with van der Waals surface area (Å²) in [5.41, 5.74) is 6.74. The number of aromatic nitrogens is 1. The summed E-state index contributed by atoms with van der Waals surface area (Å²) in [7, 11) is 3.22. The molecule has 0 spiro atoms. The zero-order valence-corrected chi connectivity index (χ0v) is 13.3. The summed E-state index contributed by atoms with van der Waals surface area (Å²) in [6.07, 6.45) is 4.32. The minimum atomic E-state index is -0.718. The molecule has 0 saturated heterocycles. The number of carbonyl (C=O) groups excluding carboxylic acids is 2. The lowest BCUT2D eigenvalue weighted by atomic mass is 10.1. The Morgan fingerprint density at radius 1 is 1.43 bits per heavy atom. The molecule has 2 N–H and O–H groups in total. The molecule has 21 heavy (non-hydrogen) atoms. The van der Waals surface area contributed by atoms with Crippen LogP contribution in [0.5, 0.6) is 0 Å². The van der Waals surface area contributed by atoms with Crippen molar-refractivity contribution in [3.63, 3.8) is 0 Å². The first-order chi connectivity index (χ1) is 10.1. The van der Waals surface area contributed by atoms with Crippen LogP contribution in [-0.2, 0) is 9.59 Å². The lowest BCUT2D eigenvalue weighted by molar-refractivity contribution is -0.120. The Hall–Kier alpha value is -1.73. The molecule has 2 aromatic rings. The normalized spacial score (nSPS) is 12.1. The smallest absolute Gasteiger partial charge is 0.240 e. The van der Waals surface area contributed by atoms with Crippen molar-refractivity contribution in [2.75, 3.05) is 11.2 Å². The fourth-order valence-corrected chi connectivity index (χ4v) is 3.49. The van der Waals surface area contributed by atoms with Gasteiger partial charge in [0.15, 0.2) is 0 Å². The summed E-state index contributed by atoms with van der Waals surface area (Å²) < 4.78 is 0. The molecule has 0 fully saturated rings. The van der Waals surface area contributed by atoms with Gasteiger partial charge >= 0.3 is 0 Å². The van der Waals surface area contributed by atoms with Crippen LogP contribution >= 0.6 is 21.6 Å². The second-order valence-electron chi connectivity index (χ2n) is 4.32. The topological polar surface area (TPSA) is 76.3 Å². The number of amides is 2. The predicted octanol–water partition coefficient (Wildman–Crippen LogP) is 2.44. The fraction of sp³-hybridized carbons (Fsp3) is 0.214. The first-order valence-corrected chi connectivity index (χ1v) is 8.77. The molecule has 1 heterocycles. The Bertz CT molecular complexity index is 678. The monoisotopic (exact) mass is 321 g/mol. The Morgan fingerprint density at radius 3 is 2.81 bits per heavy atom. The van der Waals surface area contributed by atoms with Gasteiger partial charge in [0.2, 0.25) is 12.3 Å². The van der Waals surface area contributed by atoms with Gasteiger partial charge in [-0.05, 0) is 37.4 Å². The Balaban J connectivity index is 2.62. The standard InChI is InChI=1S/C14H15N3O2S2/c1-9(14(15)19)17(8-18)11-5-6-12(21-20-2)13-10(11)4-3-7-16-13/h3-9H,1-2H3,(H2,15,19)/t9-/m0/s1. The highest BCUT2D eigenvalue weighted by molar-refractivity contribution is 8.76. The molecule has 2 amide bonds. The van der Waals surface area contributed by atoms with Gasteiger partial charge in [0, 0.05) is 16.5 Å². The number of pyridine rings is 1. The van der Waals surface area contributed by atoms with Gasteiger partial charge in [-0.25, -0.2) is 0 Å². The van der Waals surface area contributed by atoms with Crippen molar-refractivity contribution >= 4 is 50.5 Å². The van der Waals surface area contributed by atoms with E-state index in [9.17, 15) is 9.59 Å². The molecule has 1 aromatic carbocycles. The van der Waals surface area contributed by atoms with Crippen LogP contribution in [0.4, 0.5) is 5.69 Å². The number of hydrogen-bond donors (Lipinski definition) is 1. The zero-order valence-electron chi connectivity index (χ0n) is 11.6. The van der Waals surface area contributed by atoms with E-state index in [-0.39, 0.29) is 0 Å². The van der Waals surface area contributed by atoms with Crippen LogP contribution in [0.1, 0.15) is 6.92 Å².